The summed E-state index contributed by atoms with van der Waals surface area (Å²) >= 11 is 6.63. The Balaban J connectivity index is 2.52. The van der Waals surface area contributed by atoms with Crippen LogP contribution in [-0.2, 0) is 0 Å². The number of halogens is 2. The van der Waals surface area contributed by atoms with Gasteiger partial charge in [-0.05, 0) is 24.6 Å². The molecule has 76 valence electrons. The minimum absolute atomic E-state index is 0.0211. The van der Waals surface area contributed by atoms with Crippen molar-refractivity contribution in [2.75, 3.05) is 11.9 Å². The van der Waals surface area contributed by atoms with Crippen LogP contribution in [0.5, 0.6) is 0 Å². The van der Waals surface area contributed by atoms with E-state index in [0.717, 1.165) is 16.2 Å². The monoisotopic (exact) mass is 319 g/mol. The number of hydrogen-bond acceptors (Lipinski definition) is 1. The molecule has 0 aliphatic carbocycles. The van der Waals surface area contributed by atoms with Crippen LogP contribution in [0.15, 0.2) is 28.7 Å². The zero-order valence-electron chi connectivity index (χ0n) is 7.59. The number of nitrogens with one attached hydrogen (secondary N) is 1. The smallest absolute Gasteiger partial charge is 0.251 e. The summed E-state index contributed by atoms with van der Waals surface area (Å²) in [5, 5.41) is 3.75. The highest BCUT2D eigenvalue weighted by Gasteiger charge is 2.03. The van der Waals surface area contributed by atoms with Crippen LogP contribution in [0.25, 0.3) is 0 Å². The summed E-state index contributed by atoms with van der Waals surface area (Å²) in [7, 11) is 0. The van der Waals surface area contributed by atoms with Crippen molar-refractivity contribution in [3.63, 3.8) is 0 Å². The molecule has 0 saturated carbocycles. The van der Waals surface area contributed by atoms with E-state index in [0.29, 0.717) is 12.1 Å². The first-order chi connectivity index (χ1) is 6.74. The molecule has 0 fully saturated rings. The molecule has 0 bridgehead atoms. The Morgan fingerprint density at radius 1 is 1.43 bits per heavy atom. The number of benzene rings is 1. The molecule has 4 heteroatoms. The lowest BCUT2D eigenvalue weighted by Crippen LogP contribution is -2.24. The molecule has 0 unspecified atom stereocenters. The number of rotatable bonds is 4. The number of carbonyl (C=O) groups is 1. The zero-order valence-corrected chi connectivity index (χ0v) is 10.8. The Labute approximate surface area is 100 Å². The molecule has 1 aromatic carbocycles. The Hall–Kier alpha value is -0.350. The highest BCUT2D eigenvalue weighted by molar-refractivity contribution is 9.10. The standard InChI is InChI=1S/C10H11Br2NO/c11-5-2-6-13-10(14)8-3-1-4-9(12)7-8/h1,3-4,7H,2,5-6H2,(H,13,14). The van der Waals surface area contributed by atoms with Crippen molar-refractivity contribution in [1.29, 1.82) is 0 Å². The lowest BCUT2D eigenvalue weighted by atomic mass is 10.2. The van der Waals surface area contributed by atoms with Gasteiger partial charge in [-0.3, -0.25) is 4.79 Å². The largest absolute Gasteiger partial charge is 0.352 e. The number of hydrogen-bond donors (Lipinski definition) is 1. The second kappa shape index (κ2) is 6.19. The van der Waals surface area contributed by atoms with Gasteiger partial charge in [0.2, 0.25) is 0 Å². The molecule has 2 nitrogen and oxygen atoms in total. The SMILES string of the molecule is O=C(NCCCBr)c1cccc(Br)c1. The van der Waals surface area contributed by atoms with Crippen molar-refractivity contribution in [1.82, 2.24) is 5.32 Å². The summed E-state index contributed by atoms with van der Waals surface area (Å²) in [4.78, 5) is 11.5. The van der Waals surface area contributed by atoms with Gasteiger partial charge in [-0.1, -0.05) is 37.9 Å². The van der Waals surface area contributed by atoms with Gasteiger partial charge >= 0.3 is 0 Å². The van der Waals surface area contributed by atoms with Gasteiger partial charge in [-0.15, -0.1) is 0 Å². The van der Waals surface area contributed by atoms with Crippen LogP contribution < -0.4 is 5.32 Å². The molecule has 0 aliphatic rings. The van der Waals surface area contributed by atoms with Gasteiger partial charge in [0.25, 0.3) is 5.91 Å². The first-order valence-electron chi connectivity index (χ1n) is 4.34. The summed E-state index contributed by atoms with van der Waals surface area (Å²) in [6.45, 7) is 0.705. The third-order valence-electron chi connectivity index (χ3n) is 1.68. The van der Waals surface area contributed by atoms with E-state index >= 15 is 0 Å². The Kier molecular flexibility index (Phi) is 5.19. The molecular formula is C10H11Br2NO. The third kappa shape index (κ3) is 3.80. The second-order valence-corrected chi connectivity index (χ2v) is 4.52. The van der Waals surface area contributed by atoms with E-state index in [-0.39, 0.29) is 5.91 Å². The average molecular weight is 321 g/mol. The molecule has 14 heavy (non-hydrogen) atoms. The predicted molar refractivity (Wildman–Crippen MR) is 64.9 cm³/mol. The van der Waals surface area contributed by atoms with E-state index in [4.69, 9.17) is 0 Å². The average Bonchev–Trinajstić information content (AvgIpc) is 2.18. The van der Waals surface area contributed by atoms with Crippen LogP contribution in [0.2, 0.25) is 0 Å². The van der Waals surface area contributed by atoms with E-state index < -0.39 is 0 Å². The van der Waals surface area contributed by atoms with Crippen LogP contribution in [0, 0.1) is 0 Å². The second-order valence-electron chi connectivity index (χ2n) is 2.81. The minimum Gasteiger partial charge on any atom is -0.352 e. The van der Waals surface area contributed by atoms with E-state index in [1.165, 1.54) is 0 Å². The lowest BCUT2D eigenvalue weighted by molar-refractivity contribution is 0.0954. The molecule has 1 rings (SSSR count). The van der Waals surface area contributed by atoms with Crippen molar-refractivity contribution in [2.45, 2.75) is 6.42 Å². The van der Waals surface area contributed by atoms with Crippen molar-refractivity contribution in [3.8, 4) is 0 Å². The fourth-order valence-electron chi connectivity index (χ4n) is 1.00. The summed E-state index contributed by atoms with van der Waals surface area (Å²) in [5.41, 5.74) is 0.689. The summed E-state index contributed by atoms with van der Waals surface area (Å²) in [5.74, 6) is -0.0211. The number of alkyl halides is 1. The van der Waals surface area contributed by atoms with Crippen molar-refractivity contribution < 1.29 is 4.79 Å². The van der Waals surface area contributed by atoms with Gasteiger partial charge in [-0.25, -0.2) is 0 Å². The maximum atomic E-state index is 11.5. The fourth-order valence-corrected chi connectivity index (χ4v) is 1.68. The molecule has 1 amide bonds. The molecule has 0 saturated heterocycles. The number of amides is 1. The topological polar surface area (TPSA) is 29.1 Å². The molecule has 0 aliphatic heterocycles. The molecular weight excluding hydrogens is 310 g/mol. The van der Waals surface area contributed by atoms with Gasteiger partial charge in [0.15, 0.2) is 0 Å². The summed E-state index contributed by atoms with van der Waals surface area (Å²) in [6, 6.07) is 7.36. The number of carbonyl (C=O) groups excluding carboxylic acids is 1. The van der Waals surface area contributed by atoms with Gasteiger partial charge in [0.1, 0.15) is 0 Å². The van der Waals surface area contributed by atoms with Crippen molar-refractivity contribution in [3.05, 3.63) is 34.3 Å². The van der Waals surface area contributed by atoms with Crippen LogP contribution in [-0.4, -0.2) is 17.8 Å². The lowest BCUT2D eigenvalue weighted by Gasteiger charge is -2.03. The van der Waals surface area contributed by atoms with Crippen LogP contribution >= 0.6 is 31.9 Å². The first kappa shape index (κ1) is 11.7. The van der Waals surface area contributed by atoms with E-state index in [1.807, 2.05) is 18.2 Å². The highest BCUT2D eigenvalue weighted by Crippen LogP contribution is 2.11. The minimum atomic E-state index is -0.0211. The molecule has 0 aromatic heterocycles. The molecule has 0 spiro atoms. The van der Waals surface area contributed by atoms with Crippen LogP contribution in [0.4, 0.5) is 0 Å². The first-order valence-corrected chi connectivity index (χ1v) is 6.25. The zero-order chi connectivity index (χ0) is 10.4. The Bertz CT molecular complexity index is 315. The molecule has 1 aromatic rings. The van der Waals surface area contributed by atoms with Gasteiger partial charge < -0.3 is 5.32 Å². The Morgan fingerprint density at radius 3 is 2.86 bits per heavy atom. The van der Waals surface area contributed by atoms with E-state index in [2.05, 4.69) is 37.2 Å². The van der Waals surface area contributed by atoms with Crippen LogP contribution in [0.1, 0.15) is 16.8 Å². The van der Waals surface area contributed by atoms with Gasteiger partial charge in [-0.2, -0.15) is 0 Å². The van der Waals surface area contributed by atoms with E-state index in [9.17, 15) is 4.79 Å². The maximum absolute atomic E-state index is 11.5. The summed E-state index contributed by atoms with van der Waals surface area (Å²) < 4.78 is 0.922. The third-order valence-corrected chi connectivity index (χ3v) is 2.74. The fraction of sp³-hybridized carbons (Fsp3) is 0.300. The van der Waals surface area contributed by atoms with Gasteiger partial charge in [0.05, 0.1) is 0 Å². The quantitative estimate of drug-likeness (QED) is 0.670. The van der Waals surface area contributed by atoms with Gasteiger partial charge in [0, 0.05) is 21.9 Å². The maximum Gasteiger partial charge on any atom is 0.251 e. The Morgan fingerprint density at radius 2 is 2.21 bits per heavy atom. The molecule has 0 radical (unpaired) electrons. The summed E-state index contributed by atoms with van der Waals surface area (Å²) in [6.07, 6.45) is 0.944. The van der Waals surface area contributed by atoms with Crippen molar-refractivity contribution >= 4 is 37.8 Å². The van der Waals surface area contributed by atoms with Crippen LogP contribution in [0.3, 0.4) is 0 Å². The van der Waals surface area contributed by atoms with Crippen molar-refractivity contribution in [2.24, 2.45) is 0 Å². The highest BCUT2D eigenvalue weighted by atomic mass is 79.9. The molecule has 0 heterocycles. The molecule has 1 N–H and O–H groups in total. The normalized spacial score (nSPS) is 9.86. The predicted octanol–water partition coefficient (Wildman–Crippen LogP) is 2.96. The van der Waals surface area contributed by atoms with E-state index in [1.54, 1.807) is 6.07 Å². The molecule has 0 atom stereocenters.